The topological polar surface area (TPSA) is 79.0 Å². The highest BCUT2D eigenvalue weighted by atomic mass is 16.5. The number of rotatable bonds is 3. The molecule has 0 aliphatic heterocycles. The van der Waals surface area contributed by atoms with Crippen LogP contribution in [0.25, 0.3) is 11.0 Å². The highest BCUT2D eigenvalue weighted by Crippen LogP contribution is 2.26. The van der Waals surface area contributed by atoms with E-state index in [1.165, 1.54) is 19.3 Å². The fourth-order valence-electron chi connectivity index (χ4n) is 2.67. The van der Waals surface area contributed by atoms with E-state index >= 15 is 0 Å². The van der Waals surface area contributed by atoms with Crippen molar-refractivity contribution in [3.8, 4) is 5.75 Å². The van der Waals surface area contributed by atoms with Gasteiger partial charge in [0.2, 0.25) is 5.95 Å². The standard InChI is InChI=1S/C15H20N4O2/c1-16-15(20)19-14-17-12-8-7-11(9-13(12)18-14)21-10-5-3-2-4-6-10/h7-10H,2-6H2,1H3,(H3,16,17,18,19,20). The maximum Gasteiger partial charge on any atom is 0.321 e. The van der Waals surface area contributed by atoms with Crippen molar-refractivity contribution in [2.45, 2.75) is 38.2 Å². The smallest absolute Gasteiger partial charge is 0.321 e. The van der Waals surface area contributed by atoms with Crippen LogP contribution in [0.1, 0.15) is 32.1 Å². The minimum atomic E-state index is -0.298. The van der Waals surface area contributed by atoms with E-state index in [-0.39, 0.29) is 6.03 Å². The van der Waals surface area contributed by atoms with Crippen molar-refractivity contribution in [1.82, 2.24) is 15.3 Å². The first-order valence-electron chi connectivity index (χ1n) is 7.40. The van der Waals surface area contributed by atoms with Gasteiger partial charge in [-0.2, -0.15) is 0 Å². The van der Waals surface area contributed by atoms with Crippen LogP contribution in [0.5, 0.6) is 5.75 Å². The van der Waals surface area contributed by atoms with Gasteiger partial charge in [0, 0.05) is 13.1 Å². The molecule has 1 fully saturated rings. The number of carbonyl (C=O) groups is 1. The predicted octanol–water partition coefficient (Wildman–Crippen LogP) is 3.03. The van der Waals surface area contributed by atoms with Crippen LogP contribution in [0, 0.1) is 0 Å². The zero-order valence-corrected chi connectivity index (χ0v) is 12.1. The number of carbonyl (C=O) groups excluding carboxylic acids is 1. The van der Waals surface area contributed by atoms with Gasteiger partial charge in [-0.05, 0) is 37.8 Å². The van der Waals surface area contributed by atoms with Crippen molar-refractivity contribution < 1.29 is 9.53 Å². The summed E-state index contributed by atoms with van der Waals surface area (Å²) < 4.78 is 6.03. The minimum Gasteiger partial charge on any atom is -0.490 e. The number of benzene rings is 1. The van der Waals surface area contributed by atoms with Crippen LogP contribution in [0.2, 0.25) is 0 Å². The average Bonchev–Trinajstić information content (AvgIpc) is 2.89. The number of H-pyrrole nitrogens is 1. The Labute approximate surface area is 123 Å². The normalized spacial score (nSPS) is 15.9. The number of aromatic amines is 1. The summed E-state index contributed by atoms with van der Waals surface area (Å²) in [7, 11) is 1.56. The number of nitrogens with zero attached hydrogens (tertiary/aromatic N) is 1. The first-order chi connectivity index (χ1) is 10.2. The molecule has 0 unspecified atom stereocenters. The van der Waals surface area contributed by atoms with Gasteiger partial charge in [-0.3, -0.25) is 5.32 Å². The molecule has 112 valence electrons. The Morgan fingerprint density at radius 1 is 1.33 bits per heavy atom. The average molecular weight is 288 g/mol. The second kappa shape index (κ2) is 6.03. The molecule has 0 atom stereocenters. The Bertz CT molecular complexity index is 632. The zero-order chi connectivity index (χ0) is 14.7. The molecule has 1 aromatic heterocycles. The molecular formula is C15H20N4O2. The number of hydrogen-bond acceptors (Lipinski definition) is 3. The summed E-state index contributed by atoms with van der Waals surface area (Å²) >= 11 is 0. The number of ether oxygens (including phenoxy) is 1. The third kappa shape index (κ3) is 3.26. The molecule has 0 radical (unpaired) electrons. The van der Waals surface area contributed by atoms with Crippen LogP contribution in [-0.2, 0) is 0 Å². The molecule has 1 saturated carbocycles. The lowest BCUT2D eigenvalue weighted by atomic mass is 9.98. The van der Waals surface area contributed by atoms with Gasteiger partial charge in [0.25, 0.3) is 0 Å². The van der Waals surface area contributed by atoms with Crippen molar-refractivity contribution in [3.63, 3.8) is 0 Å². The van der Waals surface area contributed by atoms with Crippen LogP contribution >= 0.6 is 0 Å². The second-order valence-electron chi connectivity index (χ2n) is 5.35. The Kier molecular flexibility index (Phi) is 3.94. The molecule has 6 nitrogen and oxygen atoms in total. The number of nitrogens with one attached hydrogen (secondary N) is 3. The van der Waals surface area contributed by atoms with Gasteiger partial charge < -0.3 is 15.0 Å². The monoisotopic (exact) mass is 288 g/mol. The summed E-state index contributed by atoms with van der Waals surface area (Å²) in [6.07, 6.45) is 6.39. The Balaban J connectivity index is 1.74. The van der Waals surface area contributed by atoms with Gasteiger partial charge in [-0.25, -0.2) is 9.78 Å². The first-order valence-corrected chi connectivity index (χ1v) is 7.40. The minimum absolute atomic E-state index is 0.298. The molecule has 3 N–H and O–H groups in total. The first kappa shape index (κ1) is 13.7. The molecular weight excluding hydrogens is 268 g/mol. The van der Waals surface area contributed by atoms with E-state index < -0.39 is 0 Å². The van der Waals surface area contributed by atoms with Crippen molar-refractivity contribution in [1.29, 1.82) is 0 Å². The fourth-order valence-corrected chi connectivity index (χ4v) is 2.67. The third-order valence-electron chi connectivity index (χ3n) is 3.77. The van der Waals surface area contributed by atoms with E-state index in [0.29, 0.717) is 12.1 Å². The molecule has 6 heteroatoms. The number of anilines is 1. The predicted molar refractivity (Wildman–Crippen MR) is 81.7 cm³/mol. The van der Waals surface area contributed by atoms with E-state index in [4.69, 9.17) is 4.74 Å². The lowest BCUT2D eigenvalue weighted by Crippen LogP contribution is -2.24. The van der Waals surface area contributed by atoms with E-state index in [1.807, 2.05) is 18.2 Å². The van der Waals surface area contributed by atoms with E-state index in [0.717, 1.165) is 29.6 Å². The van der Waals surface area contributed by atoms with E-state index in [9.17, 15) is 4.79 Å². The lowest BCUT2D eigenvalue weighted by molar-refractivity contribution is 0.155. The summed E-state index contributed by atoms with van der Waals surface area (Å²) in [5.74, 6) is 1.28. The van der Waals surface area contributed by atoms with Gasteiger partial charge >= 0.3 is 6.03 Å². The largest absolute Gasteiger partial charge is 0.490 e. The summed E-state index contributed by atoms with van der Waals surface area (Å²) in [4.78, 5) is 18.7. The zero-order valence-electron chi connectivity index (χ0n) is 12.1. The van der Waals surface area contributed by atoms with Gasteiger partial charge in [-0.15, -0.1) is 0 Å². The van der Waals surface area contributed by atoms with Crippen LogP contribution in [-0.4, -0.2) is 29.2 Å². The molecule has 2 aromatic rings. The Hall–Kier alpha value is -2.24. The molecule has 1 aromatic carbocycles. The maximum absolute atomic E-state index is 11.3. The van der Waals surface area contributed by atoms with E-state index in [2.05, 4.69) is 20.6 Å². The summed E-state index contributed by atoms with van der Waals surface area (Å²) in [5.41, 5.74) is 1.66. The molecule has 0 spiro atoms. The number of imidazole rings is 1. The molecule has 0 saturated heterocycles. The fraction of sp³-hybridized carbons (Fsp3) is 0.467. The molecule has 1 aliphatic rings. The van der Waals surface area contributed by atoms with Crippen molar-refractivity contribution in [2.24, 2.45) is 0 Å². The lowest BCUT2D eigenvalue weighted by Gasteiger charge is -2.22. The highest BCUT2D eigenvalue weighted by Gasteiger charge is 2.15. The Morgan fingerprint density at radius 2 is 2.14 bits per heavy atom. The number of aromatic nitrogens is 2. The summed E-state index contributed by atoms with van der Waals surface area (Å²) in [6.45, 7) is 0. The SMILES string of the molecule is CNC(=O)Nc1nc2ccc(OC3CCCCC3)cc2[nH]1. The van der Waals surface area contributed by atoms with Gasteiger partial charge in [0.15, 0.2) is 0 Å². The van der Waals surface area contributed by atoms with E-state index in [1.54, 1.807) is 7.05 Å². The maximum atomic E-state index is 11.3. The second-order valence-corrected chi connectivity index (χ2v) is 5.35. The van der Waals surface area contributed by atoms with Crippen molar-refractivity contribution >= 4 is 23.0 Å². The number of fused-ring (bicyclic) bond motifs is 1. The van der Waals surface area contributed by atoms with Crippen LogP contribution in [0.3, 0.4) is 0 Å². The molecule has 21 heavy (non-hydrogen) atoms. The molecule has 2 amide bonds. The molecule has 0 bridgehead atoms. The van der Waals surface area contributed by atoms with Gasteiger partial charge in [0.1, 0.15) is 5.75 Å². The van der Waals surface area contributed by atoms with Crippen LogP contribution < -0.4 is 15.4 Å². The van der Waals surface area contributed by atoms with Gasteiger partial charge in [0.05, 0.1) is 17.1 Å². The quantitative estimate of drug-likeness (QED) is 0.812. The van der Waals surface area contributed by atoms with Gasteiger partial charge in [-0.1, -0.05) is 6.42 Å². The van der Waals surface area contributed by atoms with Crippen LogP contribution in [0.15, 0.2) is 18.2 Å². The summed E-state index contributed by atoms with van der Waals surface area (Å²) in [5, 5.41) is 5.11. The highest BCUT2D eigenvalue weighted by molar-refractivity contribution is 5.89. The number of urea groups is 1. The molecule has 1 aliphatic carbocycles. The molecule has 1 heterocycles. The van der Waals surface area contributed by atoms with Crippen molar-refractivity contribution in [2.75, 3.05) is 12.4 Å². The third-order valence-corrected chi connectivity index (χ3v) is 3.77. The van der Waals surface area contributed by atoms with Crippen LogP contribution in [0.4, 0.5) is 10.7 Å². The Morgan fingerprint density at radius 3 is 2.90 bits per heavy atom. The summed E-state index contributed by atoms with van der Waals surface area (Å²) in [6, 6.07) is 5.47. The number of hydrogen-bond donors (Lipinski definition) is 3. The molecule has 3 rings (SSSR count). The van der Waals surface area contributed by atoms with Crippen molar-refractivity contribution in [3.05, 3.63) is 18.2 Å². The number of amides is 2.